The lowest BCUT2D eigenvalue weighted by atomic mass is 10.2. The molecule has 6 nitrogen and oxygen atoms in total. The van der Waals surface area contributed by atoms with Gasteiger partial charge in [-0.1, -0.05) is 24.4 Å². The molecular formula is C22H23ClN4O2. The molecule has 1 saturated heterocycles. The summed E-state index contributed by atoms with van der Waals surface area (Å²) in [6.45, 7) is 2.05. The monoisotopic (exact) mass is 410 g/mol. The lowest BCUT2D eigenvalue weighted by Crippen LogP contribution is -2.28. The van der Waals surface area contributed by atoms with Crippen molar-refractivity contribution in [3.63, 3.8) is 0 Å². The van der Waals surface area contributed by atoms with Crippen molar-refractivity contribution in [2.24, 2.45) is 0 Å². The molecular weight excluding hydrogens is 388 g/mol. The molecule has 0 atom stereocenters. The second-order valence-electron chi connectivity index (χ2n) is 7.34. The summed E-state index contributed by atoms with van der Waals surface area (Å²) in [5.74, 6) is -0.280. The molecule has 0 spiro atoms. The Bertz CT molecular complexity index is 1070. The largest absolute Gasteiger partial charge is 0.372 e. The molecule has 1 aromatic heterocycles. The first-order valence-electron chi connectivity index (χ1n) is 9.90. The molecule has 0 aliphatic carbocycles. The van der Waals surface area contributed by atoms with E-state index in [0.29, 0.717) is 21.6 Å². The van der Waals surface area contributed by atoms with Gasteiger partial charge in [-0.05, 0) is 55.3 Å². The van der Waals surface area contributed by atoms with Crippen molar-refractivity contribution >= 4 is 39.8 Å². The van der Waals surface area contributed by atoms with Crippen LogP contribution in [0.2, 0.25) is 5.02 Å². The van der Waals surface area contributed by atoms with Gasteiger partial charge >= 0.3 is 0 Å². The van der Waals surface area contributed by atoms with E-state index in [9.17, 15) is 9.59 Å². The van der Waals surface area contributed by atoms with Crippen LogP contribution in [0.4, 0.5) is 11.4 Å². The van der Waals surface area contributed by atoms with Crippen LogP contribution < -0.4 is 15.8 Å². The minimum absolute atomic E-state index is 0.109. The Labute approximate surface area is 174 Å². The van der Waals surface area contributed by atoms with E-state index in [1.807, 2.05) is 24.3 Å². The number of hydrogen-bond acceptors (Lipinski definition) is 4. The molecule has 2 heterocycles. The molecule has 0 unspecified atom stereocenters. The van der Waals surface area contributed by atoms with Crippen LogP contribution in [0.15, 0.2) is 53.6 Å². The summed E-state index contributed by atoms with van der Waals surface area (Å²) >= 11 is 5.98. The number of rotatable bonds is 4. The third kappa shape index (κ3) is 4.59. The molecule has 0 saturated carbocycles. The second-order valence-corrected chi connectivity index (χ2v) is 7.77. The highest BCUT2D eigenvalue weighted by Crippen LogP contribution is 2.21. The molecule has 150 valence electrons. The molecule has 1 N–H and O–H groups in total. The van der Waals surface area contributed by atoms with Gasteiger partial charge in [0.15, 0.2) is 0 Å². The van der Waals surface area contributed by atoms with Crippen LogP contribution in [0.3, 0.4) is 0 Å². The van der Waals surface area contributed by atoms with E-state index < -0.39 is 0 Å². The van der Waals surface area contributed by atoms with Gasteiger partial charge < -0.3 is 10.2 Å². The summed E-state index contributed by atoms with van der Waals surface area (Å²) in [7, 11) is 0. The van der Waals surface area contributed by atoms with Crippen molar-refractivity contribution in [1.29, 1.82) is 0 Å². The molecule has 2 aromatic carbocycles. The first kappa shape index (κ1) is 19.5. The molecule has 7 heteroatoms. The molecule has 1 aliphatic rings. The minimum Gasteiger partial charge on any atom is -0.372 e. The van der Waals surface area contributed by atoms with Gasteiger partial charge in [0, 0.05) is 29.5 Å². The van der Waals surface area contributed by atoms with Crippen LogP contribution in [-0.2, 0) is 11.3 Å². The average molecular weight is 411 g/mol. The lowest BCUT2D eigenvalue weighted by molar-refractivity contribution is -0.116. The maximum Gasteiger partial charge on any atom is 0.261 e. The fourth-order valence-corrected chi connectivity index (χ4v) is 3.86. The highest BCUT2D eigenvalue weighted by atomic mass is 35.5. The van der Waals surface area contributed by atoms with Crippen LogP contribution >= 0.6 is 11.6 Å². The number of amides is 1. The normalized spacial score (nSPS) is 14.6. The number of carbonyl (C=O) groups excluding carboxylic acids is 1. The summed E-state index contributed by atoms with van der Waals surface area (Å²) in [6, 6.07) is 12.8. The van der Waals surface area contributed by atoms with Gasteiger partial charge in [-0.2, -0.15) is 0 Å². The van der Waals surface area contributed by atoms with Gasteiger partial charge in [0.2, 0.25) is 5.91 Å². The third-order valence-corrected chi connectivity index (χ3v) is 5.46. The van der Waals surface area contributed by atoms with E-state index in [2.05, 4.69) is 15.2 Å². The van der Waals surface area contributed by atoms with Gasteiger partial charge in [-0.3, -0.25) is 14.2 Å². The highest BCUT2D eigenvalue weighted by molar-refractivity contribution is 6.31. The van der Waals surface area contributed by atoms with E-state index >= 15 is 0 Å². The Morgan fingerprint density at radius 1 is 1.03 bits per heavy atom. The molecule has 29 heavy (non-hydrogen) atoms. The minimum atomic E-state index is -0.288. The quantitative estimate of drug-likeness (QED) is 0.704. The van der Waals surface area contributed by atoms with E-state index in [4.69, 9.17) is 11.6 Å². The molecule has 1 aliphatic heterocycles. The van der Waals surface area contributed by atoms with Gasteiger partial charge in [0.05, 0.1) is 17.2 Å². The van der Waals surface area contributed by atoms with Crippen LogP contribution in [0, 0.1) is 0 Å². The average Bonchev–Trinajstić information content (AvgIpc) is 3.01. The zero-order valence-corrected chi connectivity index (χ0v) is 16.9. The van der Waals surface area contributed by atoms with Crippen LogP contribution in [0.5, 0.6) is 0 Å². The fourth-order valence-electron chi connectivity index (χ4n) is 3.68. The third-order valence-electron chi connectivity index (χ3n) is 5.22. The first-order valence-corrected chi connectivity index (χ1v) is 10.3. The standard InChI is InChI=1S/C22H23ClN4O2/c23-16-5-10-20-19(13-16)22(29)27(15-24-20)14-21(28)25-17-6-8-18(9-7-17)26-11-3-1-2-4-12-26/h5-10,13,15H,1-4,11-12,14H2,(H,25,28). The fraction of sp³-hybridized carbons (Fsp3) is 0.318. The maximum absolute atomic E-state index is 12.6. The number of hydrogen-bond donors (Lipinski definition) is 1. The zero-order valence-electron chi connectivity index (χ0n) is 16.1. The smallest absolute Gasteiger partial charge is 0.261 e. The van der Waals surface area contributed by atoms with E-state index in [0.717, 1.165) is 13.1 Å². The van der Waals surface area contributed by atoms with Crippen molar-refractivity contribution < 1.29 is 4.79 Å². The predicted octanol–water partition coefficient (Wildman–Crippen LogP) is 4.07. The Balaban J connectivity index is 1.44. The topological polar surface area (TPSA) is 67.2 Å². The number of nitrogens with zero attached hydrogens (tertiary/aromatic N) is 3. The van der Waals surface area contributed by atoms with Crippen LogP contribution in [-0.4, -0.2) is 28.5 Å². The lowest BCUT2D eigenvalue weighted by Gasteiger charge is -2.22. The number of aromatic nitrogens is 2. The first-order chi connectivity index (χ1) is 14.1. The van der Waals surface area contributed by atoms with Crippen LogP contribution in [0.1, 0.15) is 25.7 Å². The molecule has 1 amide bonds. The van der Waals surface area contributed by atoms with E-state index in [-0.39, 0.29) is 18.0 Å². The van der Waals surface area contributed by atoms with Gasteiger partial charge in [-0.15, -0.1) is 0 Å². The predicted molar refractivity (Wildman–Crippen MR) is 117 cm³/mol. The second kappa shape index (κ2) is 8.66. The molecule has 3 aromatic rings. The van der Waals surface area contributed by atoms with Crippen molar-refractivity contribution in [2.75, 3.05) is 23.3 Å². The highest BCUT2D eigenvalue weighted by Gasteiger charge is 2.11. The van der Waals surface area contributed by atoms with Gasteiger partial charge in [-0.25, -0.2) is 4.98 Å². The van der Waals surface area contributed by atoms with Gasteiger partial charge in [0.1, 0.15) is 6.54 Å². The number of benzene rings is 2. The summed E-state index contributed by atoms with van der Waals surface area (Å²) in [5, 5.41) is 3.71. The number of nitrogens with one attached hydrogen (secondary N) is 1. The van der Waals surface area contributed by atoms with Crippen LogP contribution in [0.25, 0.3) is 10.9 Å². The van der Waals surface area contributed by atoms with Crippen molar-refractivity contribution in [1.82, 2.24) is 9.55 Å². The number of carbonyl (C=O) groups is 1. The Kier molecular flexibility index (Phi) is 5.81. The molecule has 0 bridgehead atoms. The SMILES string of the molecule is O=C(Cn1cnc2ccc(Cl)cc2c1=O)Nc1ccc(N2CCCCCC2)cc1. The Morgan fingerprint density at radius 2 is 1.76 bits per heavy atom. The number of anilines is 2. The number of fused-ring (bicyclic) bond motifs is 1. The molecule has 4 rings (SSSR count). The number of halogens is 1. The summed E-state index contributed by atoms with van der Waals surface area (Å²) in [4.78, 5) is 31.7. The molecule has 0 radical (unpaired) electrons. The van der Waals surface area contributed by atoms with E-state index in [1.165, 1.54) is 42.3 Å². The van der Waals surface area contributed by atoms with E-state index in [1.54, 1.807) is 18.2 Å². The van der Waals surface area contributed by atoms with Crippen molar-refractivity contribution in [3.05, 3.63) is 64.2 Å². The summed E-state index contributed by atoms with van der Waals surface area (Å²) < 4.78 is 1.29. The van der Waals surface area contributed by atoms with Crippen molar-refractivity contribution in [2.45, 2.75) is 32.2 Å². The van der Waals surface area contributed by atoms with Crippen molar-refractivity contribution in [3.8, 4) is 0 Å². The Hall–Kier alpha value is -2.86. The summed E-state index contributed by atoms with van der Waals surface area (Å²) in [6.07, 6.45) is 6.41. The summed E-state index contributed by atoms with van der Waals surface area (Å²) in [5.41, 5.74) is 2.15. The van der Waals surface area contributed by atoms with Gasteiger partial charge in [0.25, 0.3) is 5.56 Å². The maximum atomic E-state index is 12.6. The zero-order chi connectivity index (χ0) is 20.2. The Morgan fingerprint density at radius 3 is 2.48 bits per heavy atom. The molecule has 1 fully saturated rings.